The highest BCUT2D eigenvalue weighted by molar-refractivity contribution is 14.1. The maximum Gasteiger partial charge on any atom is 0.264 e. The van der Waals surface area contributed by atoms with Crippen molar-refractivity contribution in [3.8, 4) is 0 Å². The minimum Gasteiger partial charge on any atom is -0.354 e. The zero-order valence-electron chi connectivity index (χ0n) is 16.1. The second-order valence-electron chi connectivity index (χ2n) is 6.93. The molecule has 1 saturated carbocycles. The van der Waals surface area contributed by atoms with E-state index in [9.17, 15) is 13.2 Å². The smallest absolute Gasteiger partial charge is 0.264 e. The Kier molecular flexibility index (Phi) is 8.25. The lowest BCUT2D eigenvalue weighted by Crippen LogP contribution is -2.41. The Bertz CT molecular complexity index is 899. The summed E-state index contributed by atoms with van der Waals surface area (Å²) in [5, 5.41) is 3.58. The first-order chi connectivity index (χ1) is 14.0. The van der Waals surface area contributed by atoms with Gasteiger partial charge in [0, 0.05) is 21.1 Å². The minimum absolute atomic E-state index is 0.170. The number of hydrogen-bond acceptors (Lipinski definition) is 4. The van der Waals surface area contributed by atoms with Crippen LogP contribution in [-0.2, 0) is 14.8 Å². The fourth-order valence-corrected chi connectivity index (χ4v) is 6.32. The summed E-state index contributed by atoms with van der Waals surface area (Å²) in [6, 6.07) is 15.3. The van der Waals surface area contributed by atoms with Gasteiger partial charge < -0.3 is 5.32 Å². The van der Waals surface area contributed by atoms with Crippen LogP contribution >= 0.6 is 34.4 Å². The van der Waals surface area contributed by atoms with E-state index in [2.05, 4.69) is 27.9 Å². The van der Waals surface area contributed by atoms with E-state index < -0.39 is 10.0 Å². The number of carbonyl (C=O) groups is 1. The van der Waals surface area contributed by atoms with Crippen LogP contribution in [0.2, 0.25) is 0 Å². The van der Waals surface area contributed by atoms with E-state index in [1.165, 1.54) is 30.0 Å². The van der Waals surface area contributed by atoms with Crippen LogP contribution in [0.25, 0.3) is 0 Å². The first-order valence-corrected chi connectivity index (χ1v) is 13.3. The van der Waals surface area contributed by atoms with Crippen LogP contribution < -0.4 is 9.62 Å². The van der Waals surface area contributed by atoms with Crippen LogP contribution in [0.1, 0.15) is 25.7 Å². The Morgan fingerprint density at radius 1 is 1.07 bits per heavy atom. The van der Waals surface area contributed by atoms with Gasteiger partial charge >= 0.3 is 0 Å². The Hall–Kier alpha value is -1.26. The predicted molar refractivity (Wildman–Crippen MR) is 128 cm³/mol. The molecule has 1 aliphatic carbocycles. The molecule has 0 bridgehead atoms. The third kappa shape index (κ3) is 6.36. The van der Waals surface area contributed by atoms with Gasteiger partial charge in [0.2, 0.25) is 5.91 Å². The van der Waals surface area contributed by atoms with E-state index in [1.807, 2.05) is 23.9 Å². The Morgan fingerprint density at radius 2 is 1.72 bits per heavy atom. The number of halogens is 1. The lowest BCUT2D eigenvalue weighted by atomic mass is 10.3. The summed E-state index contributed by atoms with van der Waals surface area (Å²) in [6.07, 6.45) is 5.11. The van der Waals surface area contributed by atoms with Crippen LogP contribution in [0.4, 0.5) is 5.69 Å². The number of benzene rings is 2. The van der Waals surface area contributed by atoms with Crippen LogP contribution in [-0.4, -0.2) is 38.4 Å². The summed E-state index contributed by atoms with van der Waals surface area (Å²) in [4.78, 5) is 12.7. The quantitative estimate of drug-likeness (QED) is 0.378. The van der Waals surface area contributed by atoms with E-state index in [-0.39, 0.29) is 17.3 Å². The van der Waals surface area contributed by atoms with Gasteiger partial charge in [-0.2, -0.15) is 11.8 Å². The molecule has 8 heteroatoms. The largest absolute Gasteiger partial charge is 0.354 e. The van der Waals surface area contributed by atoms with Gasteiger partial charge in [-0.25, -0.2) is 8.42 Å². The first kappa shape index (κ1) is 22.4. The molecule has 0 aliphatic heterocycles. The number of amides is 1. The highest BCUT2D eigenvalue weighted by Gasteiger charge is 2.27. The maximum absolute atomic E-state index is 13.2. The van der Waals surface area contributed by atoms with Crippen LogP contribution in [0.15, 0.2) is 59.5 Å². The average molecular weight is 544 g/mol. The van der Waals surface area contributed by atoms with Crippen molar-refractivity contribution in [2.75, 3.05) is 23.1 Å². The monoisotopic (exact) mass is 544 g/mol. The summed E-state index contributed by atoms with van der Waals surface area (Å²) < 4.78 is 28.6. The molecule has 0 aromatic heterocycles. The van der Waals surface area contributed by atoms with Crippen LogP contribution in [0, 0.1) is 3.57 Å². The molecule has 1 aliphatic rings. The third-order valence-electron chi connectivity index (χ3n) is 4.81. The SMILES string of the molecule is O=C(CN(c1ccc(I)cc1)S(=O)(=O)c1ccccc1)NCCSC1CCCC1. The lowest BCUT2D eigenvalue weighted by Gasteiger charge is -2.24. The molecule has 2 aromatic rings. The van der Waals surface area contributed by atoms with Crippen molar-refractivity contribution in [3.63, 3.8) is 0 Å². The van der Waals surface area contributed by atoms with Crippen molar-refractivity contribution in [1.82, 2.24) is 5.32 Å². The number of sulfonamides is 1. The molecule has 0 radical (unpaired) electrons. The number of carbonyl (C=O) groups excluding carboxylic acids is 1. The van der Waals surface area contributed by atoms with Crippen molar-refractivity contribution >= 4 is 56.0 Å². The van der Waals surface area contributed by atoms with Gasteiger partial charge in [-0.15, -0.1) is 0 Å². The summed E-state index contributed by atoms with van der Waals surface area (Å²) in [5.74, 6) is 0.556. The number of nitrogens with zero attached hydrogens (tertiary/aromatic N) is 1. The first-order valence-electron chi connectivity index (χ1n) is 9.68. The molecule has 1 amide bonds. The Balaban J connectivity index is 1.68. The zero-order valence-corrected chi connectivity index (χ0v) is 19.9. The minimum atomic E-state index is -3.84. The molecule has 0 unspecified atom stereocenters. The molecule has 0 spiro atoms. The number of nitrogens with one attached hydrogen (secondary N) is 1. The summed E-state index contributed by atoms with van der Waals surface area (Å²) in [7, 11) is -3.84. The summed E-state index contributed by atoms with van der Waals surface area (Å²) in [5.41, 5.74) is 0.477. The third-order valence-corrected chi connectivity index (χ3v) is 8.70. The fourth-order valence-electron chi connectivity index (χ4n) is 3.30. The highest BCUT2D eigenvalue weighted by atomic mass is 127. The van der Waals surface area contributed by atoms with E-state index in [4.69, 9.17) is 0 Å². The molecule has 1 fully saturated rings. The number of hydrogen-bond donors (Lipinski definition) is 1. The molecule has 1 N–H and O–H groups in total. The van der Waals surface area contributed by atoms with Gasteiger partial charge in [0.15, 0.2) is 0 Å². The maximum atomic E-state index is 13.2. The summed E-state index contributed by atoms with van der Waals surface area (Å²) >= 11 is 4.06. The fraction of sp³-hybridized carbons (Fsp3) is 0.381. The standard InChI is InChI=1S/C21H25IN2O3S2/c22-17-10-12-18(13-11-17)24(29(26,27)20-8-2-1-3-9-20)16-21(25)23-14-15-28-19-6-4-5-7-19/h1-3,8-13,19H,4-7,14-16H2,(H,23,25). The Labute approximate surface area is 190 Å². The topological polar surface area (TPSA) is 66.5 Å². The van der Waals surface area contributed by atoms with Crippen molar-refractivity contribution < 1.29 is 13.2 Å². The molecular weight excluding hydrogens is 519 g/mol. The average Bonchev–Trinajstić information content (AvgIpc) is 3.24. The van der Waals surface area contributed by atoms with Gasteiger partial charge in [0.25, 0.3) is 10.0 Å². The molecule has 2 aromatic carbocycles. The zero-order chi connectivity index (χ0) is 20.7. The van der Waals surface area contributed by atoms with Gasteiger partial charge in [-0.3, -0.25) is 9.10 Å². The van der Waals surface area contributed by atoms with Crippen LogP contribution in [0.5, 0.6) is 0 Å². The highest BCUT2D eigenvalue weighted by Crippen LogP contribution is 2.29. The summed E-state index contributed by atoms with van der Waals surface area (Å²) in [6.45, 7) is 0.303. The Morgan fingerprint density at radius 3 is 2.38 bits per heavy atom. The molecule has 5 nitrogen and oxygen atoms in total. The van der Waals surface area contributed by atoms with Gasteiger partial charge in [0.05, 0.1) is 10.6 Å². The van der Waals surface area contributed by atoms with Gasteiger partial charge in [-0.1, -0.05) is 31.0 Å². The molecule has 0 atom stereocenters. The molecule has 0 saturated heterocycles. The number of rotatable bonds is 9. The van der Waals surface area contributed by atoms with Crippen molar-refractivity contribution in [1.29, 1.82) is 0 Å². The predicted octanol–water partition coefficient (Wildman–Crippen LogP) is 4.28. The molecule has 29 heavy (non-hydrogen) atoms. The number of anilines is 1. The second kappa shape index (κ2) is 10.7. The normalized spacial score (nSPS) is 14.7. The molecule has 3 rings (SSSR count). The van der Waals surface area contributed by atoms with E-state index in [0.717, 1.165) is 9.32 Å². The van der Waals surface area contributed by atoms with E-state index >= 15 is 0 Å². The van der Waals surface area contributed by atoms with Crippen molar-refractivity contribution in [2.45, 2.75) is 35.8 Å². The van der Waals surface area contributed by atoms with Gasteiger partial charge in [0.1, 0.15) is 6.54 Å². The van der Waals surface area contributed by atoms with Crippen molar-refractivity contribution in [3.05, 3.63) is 58.2 Å². The second-order valence-corrected chi connectivity index (χ2v) is 11.4. The number of thioether (sulfide) groups is 1. The van der Waals surface area contributed by atoms with E-state index in [1.54, 1.807) is 42.5 Å². The molecular formula is C21H25IN2O3S2. The lowest BCUT2D eigenvalue weighted by molar-refractivity contribution is -0.119. The van der Waals surface area contributed by atoms with Crippen molar-refractivity contribution in [2.24, 2.45) is 0 Å². The van der Waals surface area contributed by atoms with Gasteiger partial charge in [-0.05, 0) is 71.8 Å². The molecule has 156 valence electrons. The molecule has 0 heterocycles. The van der Waals surface area contributed by atoms with Crippen LogP contribution in [0.3, 0.4) is 0 Å². The van der Waals surface area contributed by atoms with E-state index in [0.29, 0.717) is 17.5 Å².